The van der Waals surface area contributed by atoms with E-state index >= 15 is 0 Å². The zero-order valence-corrected chi connectivity index (χ0v) is 18.3. The number of likely N-dealkylation sites (N-methyl/N-ethyl adjacent to an activating group) is 1. The maximum atomic E-state index is 11.9. The molecular formula is C25H23N3O2S. The van der Waals surface area contributed by atoms with Crippen LogP contribution in [0.25, 0.3) is 22.0 Å². The summed E-state index contributed by atoms with van der Waals surface area (Å²) in [6.07, 6.45) is 2.93. The van der Waals surface area contributed by atoms with Crippen molar-refractivity contribution in [2.75, 3.05) is 19.8 Å². The molecule has 156 valence electrons. The number of benzene rings is 3. The van der Waals surface area contributed by atoms with Crippen LogP contribution in [0.4, 0.5) is 0 Å². The van der Waals surface area contributed by atoms with E-state index in [1.165, 1.54) is 22.9 Å². The Kier molecular flexibility index (Phi) is 4.84. The number of aromatic nitrogens is 2. The average molecular weight is 430 g/mol. The molecule has 0 fully saturated rings. The second-order valence-corrected chi connectivity index (χ2v) is 10.3. The molecule has 1 unspecified atom stereocenters. The molecule has 0 radical (unpaired) electrons. The van der Waals surface area contributed by atoms with Crippen LogP contribution < -0.4 is 0 Å². The first-order valence-electron chi connectivity index (χ1n) is 10.2. The Morgan fingerprint density at radius 2 is 1.77 bits per heavy atom. The quantitative estimate of drug-likeness (QED) is 0.486. The second kappa shape index (κ2) is 7.55. The predicted molar refractivity (Wildman–Crippen MR) is 123 cm³/mol. The van der Waals surface area contributed by atoms with E-state index in [4.69, 9.17) is 0 Å². The number of fused-ring (bicyclic) bond motifs is 2. The lowest BCUT2D eigenvalue weighted by Crippen LogP contribution is -2.31. The third-order valence-electron chi connectivity index (χ3n) is 5.99. The van der Waals surface area contributed by atoms with Crippen LogP contribution in [0, 0.1) is 0 Å². The molecule has 5 nitrogen and oxygen atoms in total. The summed E-state index contributed by atoms with van der Waals surface area (Å²) in [6.45, 7) is 1.83. The van der Waals surface area contributed by atoms with Crippen molar-refractivity contribution in [1.82, 2.24) is 15.1 Å². The van der Waals surface area contributed by atoms with Crippen LogP contribution >= 0.6 is 0 Å². The van der Waals surface area contributed by atoms with Gasteiger partial charge in [-0.3, -0.25) is 0 Å². The number of rotatable bonds is 3. The van der Waals surface area contributed by atoms with Crippen molar-refractivity contribution in [3.63, 3.8) is 0 Å². The van der Waals surface area contributed by atoms with Gasteiger partial charge in [0.1, 0.15) is 0 Å². The van der Waals surface area contributed by atoms with Crippen molar-refractivity contribution >= 4 is 20.6 Å². The van der Waals surface area contributed by atoms with Crippen LogP contribution in [0.15, 0.2) is 77.8 Å². The van der Waals surface area contributed by atoms with Gasteiger partial charge in [0.25, 0.3) is 0 Å². The molecule has 3 aromatic carbocycles. The number of hydrogen-bond acceptors (Lipinski definition) is 5. The topological polar surface area (TPSA) is 63.2 Å². The number of nitrogens with zero attached hydrogens (tertiary/aromatic N) is 3. The Labute approximate surface area is 182 Å². The Morgan fingerprint density at radius 3 is 2.55 bits per heavy atom. The molecule has 0 spiro atoms. The van der Waals surface area contributed by atoms with Crippen molar-refractivity contribution < 1.29 is 8.42 Å². The highest BCUT2D eigenvalue weighted by Crippen LogP contribution is 2.36. The van der Waals surface area contributed by atoms with Crippen LogP contribution in [0.1, 0.15) is 22.6 Å². The van der Waals surface area contributed by atoms with Crippen LogP contribution in [0.2, 0.25) is 0 Å². The standard InChI is InChI=1S/C25H23N3O2S/c1-28-15-21-13-20(25-4-3-11-26-27-25)8-10-23(21)24(16-28)19-6-5-18-14-22(31(2,29)30)9-7-17(18)12-19/h3-14,24H,15-16H2,1-2H3. The molecule has 4 aromatic rings. The Balaban J connectivity index is 1.56. The van der Waals surface area contributed by atoms with E-state index in [2.05, 4.69) is 52.5 Å². The lowest BCUT2D eigenvalue weighted by Gasteiger charge is -2.33. The van der Waals surface area contributed by atoms with Crippen LogP contribution in [-0.4, -0.2) is 43.4 Å². The largest absolute Gasteiger partial charge is 0.301 e. The van der Waals surface area contributed by atoms with Gasteiger partial charge in [0.2, 0.25) is 0 Å². The van der Waals surface area contributed by atoms with Crippen molar-refractivity contribution in [2.45, 2.75) is 17.4 Å². The summed E-state index contributed by atoms with van der Waals surface area (Å²) in [5.41, 5.74) is 5.82. The van der Waals surface area contributed by atoms with Crippen molar-refractivity contribution in [2.24, 2.45) is 0 Å². The van der Waals surface area contributed by atoms with Gasteiger partial charge < -0.3 is 4.90 Å². The van der Waals surface area contributed by atoms with Gasteiger partial charge in [0, 0.05) is 37.0 Å². The van der Waals surface area contributed by atoms with E-state index in [0.717, 1.165) is 35.1 Å². The average Bonchev–Trinajstić information content (AvgIpc) is 2.77. The molecular weight excluding hydrogens is 406 g/mol. The zero-order valence-electron chi connectivity index (χ0n) is 17.5. The first kappa shape index (κ1) is 19.8. The van der Waals surface area contributed by atoms with Gasteiger partial charge >= 0.3 is 0 Å². The maximum Gasteiger partial charge on any atom is 0.175 e. The van der Waals surface area contributed by atoms with E-state index in [0.29, 0.717) is 4.90 Å². The molecule has 1 aliphatic rings. The highest BCUT2D eigenvalue weighted by molar-refractivity contribution is 7.90. The minimum atomic E-state index is -3.22. The summed E-state index contributed by atoms with van der Waals surface area (Å²) in [5, 5.41) is 10.2. The molecule has 0 bridgehead atoms. The Bertz CT molecular complexity index is 1380. The lowest BCUT2D eigenvalue weighted by atomic mass is 9.83. The first-order valence-corrected chi connectivity index (χ1v) is 12.1. The summed E-state index contributed by atoms with van der Waals surface area (Å²) in [7, 11) is -1.07. The fourth-order valence-electron chi connectivity index (χ4n) is 4.44. The van der Waals surface area contributed by atoms with Crippen LogP contribution in [0.5, 0.6) is 0 Å². The van der Waals surface area contributed by atoms with Crippen LogP contribution in [-0.2, 0) is 16.4 Å². The van der Waals surface area contributed by atoms with Gasteiger partial charge in [-0.2, -0.15) is 10.2 Å². The molecule has 0 N–H and O–H groups in total. The van der Waals surface area contributed by atoms with E-state index < -0.39 is 9.84 Å². The zero-order chi connectivity index (χ0) is 21.6. The minimum absolute atomic E-state index is 0.253. The SMILES string of the molecule is CN1Cc2cc(-c3cccnn3)ccc2C(c2ccc3cc(S(C)(=O)=O)ccc3c2)C1. The van der Waals surface area contributed by atoms with Crippen molar-refractivity contribution in [3.05, 3.63) is 89.6 Å². The first-order chi connectivity index (χ1) is 14.9. The third-order valence-corrected chi connectivity index (χ3v) is 7.10. The van der Waals surface area contributed by atoms with Crippen LogP contribution in [0.3, 0.4) is 0 Å². The summed E-state index contributed by atoms with van der Waals surface area (Å²) < 4.78 is 23.8. The molecule has 6 heteroatoms. The molecule has 1 aliphatic heterocycles. The number of hydrogen-bond donors (Lipinski definition) is 0. The van der Waals surface area contributed by atoms with Crippen molar-refractivity contribution in [1.29, 1.82) is 0 Å². The van der Waals surface area contributed by atoms with Gasteiger partial charge in [-0.05, 0) is 64.8 Å². The molecule has 1 atom stereocenters. The Hall–Kier alpha value is -3.09. The van der Waals surface area contributed by atoms with E-state index in [-0.39, 0.29) is 5.92 Å². The van der Waals surface area contributed by atoms with Gasteiger partial charge in [0.15, 0.2) is 9.84 Å². The molecule has 5 rings (SSSR count). The molecule has 0 saturated carbocycles. The summed E-state index contributed by atoms with van der Waals surface area (Å²) in [4.78, 5) is 2.69. The van der Waals surface area contributed by atoms with Gasteiger partial charge in [0.05, 0.1) is 10.6 Å². The number of sulfone groups is 1. The maximum absolute atomic E-state index is 11.9. The van der Waals surface area contributed by atoms with E-state index in [1.807, 2.05) is 24.3 Å². The molecule has 31 heavy (non-hydrogen) atoms. The minimum Gasteiger partial charge on any atom is -0.301 e. The molecule has 2 heterocycles. The summed E-state index contributed by atoms with van der Waals surface area (Å²) in [5.74, 6) is 0.253. The predicted octanol–water partition coefficient (Wildman–Crippen LogP) is 4.28. The molecule has 0 saturated heterocycles. The van der Waals surface area contributed by atoms with E-state index in [9.17, 15) is 8.42 Å². The fourth-order valence-corrected chi connectivity index (χ4v) is 5.09. The summed E-state index contributed by atoms with van der Waals surface area (Å²) in [6, 6.07) is 22.1. The summed E-state index contributed by atoms with van der Waals surface area (Å²) >= 11 is 0. The van der Waals surface area contributed by atoms with Gasteiger partial charge in [-0.15, -0.1) is 0 Å². The monoisotopic (exact) mass is 429 g/mol. The highest BCUT2D eigenvalue weighted by Gasteiger charge is 2.25. The Morgan fingerprint density at radius 1 is 0.968 bits per heavy atom. The lowest BCUT2D eigenvalue weighted by molar-refractivity contribution is 0.295. The van der Waals surface area contributed by atoms with Gasteiger partial charge in [-0.25, -0.2) is 8.42 Å². The van der Waals surface area contributed by atoms with Crippen molar-refractivity contribution in [3.8, 4) is 11.3 Å². The van der Waals surface area contributed by atoms with Gasteiger partial charge in [-0.1, -0.05) is 36.4 Å². The fraction of sp³-hybridized carbons (Fsp3) is 0.200. The normalized spacial score (nSPS) is 16.9. The third kappa shape index (κ3) is 3.84. The second-order valence-electron chi connectivity index (χ2n) is 8.31. The molecule has 1 aromatic heterocycles. The smallest absolute Gasteiger partial charge is 0.175 e. The molecule has 0 aliphatic carbocycles. The van der Waals surface area contributed by atoms with E-state index in [1.54, 1.807) is 18.3 Å². The molecule has 0 amide bonds. The highest BCUT2D eigenvalue weighted by atomic mass is 32.2.